The Hall–Kier alpha value is -1.02. The van der Waals surface area contributed by atoms with Crippen molar-refractivity contribution in [2.45, 2.75) is 46.1 Å². The minimum absolute atomic E-state index is 0.289. The number of nitrogens with two attached hydrogens (primary N) is 1. The van der Waals surface area contributed by atoms with Crippen molar-refractivity contribution in [3.05, 3.63) is 28.8 Å². The second-order valence-electron chi connectivity index (χ2n) is 4.63. The van der Waals surface area contributed by atoms with Gasteiger partial charge >= 0.3 is 0 Å². The van der Waals surface area contributed by atoms with Gasteiger partial charge in [-0.3, -0.25) is 0 Å². The van der Waals surface area contributed by atoms with Crippen LogP contribution in [0.25, 0.3) is 0 Å². The lowest BCUT2D eigenvalue weighted by molar-refractivity contribution is 0.407. The van der Waals surface area contributed by atoms with Crippen molar-refractivity contribution in [2.75, 3.05) is 7.11 Å². The summed E-state index contributed by atoms with van der Waals surface area (Å²) in [6.45, 7) is 6.30. The molecule has 2 N–H and O–H groups in total. The fourth-order valence-corrected chi connectivity index (χ4v) is 2.06. The fraction of sp³-hybridized carbons (Fsp3) is 0.571. The van der Waals surface area contributed by atoms with Gasteiger partial charge in [0.2, 0.25) is 0 Å². The van der Waals surface area contributed by atoms with E-state index in [-0.39, 0.29) is 6.04 Å². The summed E-state index contributed by atoms with van der Waals surface area (Å²) in [6.07, 6.45) is 3.24. The molecule has 1 aromatic carbocycles. The third-order valence-corrected chi connectivity index (χ3v) is 2.88. The van der Waals surface area contributed by atoms with Crippen molar-refractivity contribution in [3.8, 4) is 5.75 Å². The monoisotopic (exact) mass is 221 g/mol. The predicted molar refractivity (Wildman–Crippen MR) is 69.1 cm³/mol. The van der Waals surface area contributed by atoms with Crippen LogP contribution in [0.5, 0.6) is 5.75 Å². The average Bonchev–Trinajstić information content (AvgIpc) is 2.20. The topological polar surface area (TPSA) is 35.2 Å². The van der Waals surface area contributed by atoms with Crippen LogP contribution in [0.3, 0.4) is 0 Å². The van der Waals surface area contributed by atoms with Gasteiger partial charge in [-0.1, -0.05) is 6.07 Å². The molecule has 0 bridgehead atoms. The number of ether oxygens (including phenoxy) is 1. The lowest BCUT2D eigenvalue weighted by Gasteiger charge is -2.13. The van der Waals surface area contributed by atoms with Gasteiger partial charge in [-0.05, 0) is 62.8 Å². The molecule has 1 unspecified atom stereocenters. The van der Waals surface area contributed by atoms with E-state index in [1.54, 1.807) is 7.11 Å². The molecular formula is C14H23NO. The number of hydrogen-bond acceptors (Lipinski definition) is 2. The van der Waals surface area contributed by atoms with Crippen LogP contribution >= 0.6 is 0 Å². The van der Waals surface area contributed by atoms with Gasteiger partial charge in [0.15, 0.2) is 0 Å². The molecule has 1 aromatic rings. The molecule has 2 nitrogen and oxygen atoms in total. The molecule has 0 aromatic heterocycles. The van der Waals surface area contributed by atoms with Gasteiger partial charge in [0.1, 0.15) is 5.75 Å². The van der Waals surface area contributed by atoms with Crippen LogP contribution in [0.15, 0.2) is 12.1 Å². The Balaban J connectivity index is 2.77. The molecular weight excluding hydrogens is 198 g/mol. The summed E-state index contributed by atoms with van der Waals surface area (Å²) in [4.78, 5) is 0. The van der Waals surface area contributed by atoms with E-state index >= 15 is 0 Å². The summed E-state index contributed by atoms with van der Waals surface area (Å²) >= 11 is 0. The molecule has 0 aliphatic heterocycles. The largest absolute Gasteiger partial charge is 0.496 e. The fourth-order valence-electron chi connectivity index (χ4n) is 2.06. The molecule has 0 heterocycles. The van der Waals surface area contributed by atoms with E-state index in [9.17, 15) is 0 Å². The van der Waals surface area contributed by atoms with Crippen molar-refractivity contribution in [2.24, 2.45) is 5.73 Å². The standard InChI is InChI=1S/C14H23NO/c1-10-8-11(2)13(14(9-10)16-4)7-5-6-12(3)15/h8-9,12H,5-7,15H2,1-4H3. The smallest absolute Gasteiger partial charge is 0.122 e. The summed E-state index contributed by atoms with van der Waals surface area (Å²) in [6, 6.07) is 4.61. The van der Waals surface area contributed by atoms with E-state index in [1.807, 2.05) is 0 Å². The summed E-state index contributed by atoms with van der Waals surface area (Å²) in [7, 11) is 1.74. The van der Waals surface area contributed by atoms with Gasteiger partial charge in [-0.2, -0.15) is 0 Å². The maximum atomic E-state index is 5.76. The molecule has 16 heavy (non-hydrogen) atoms. The quantitative estimate of drug-likeness (QED) is 0.829. The molecule has 0 saturated carbocycles. The van der Waals surface area contributed by atoms with Gasteiger partial charge in [0.05, 0.1) is 7.11 Å². The summed E-state index contributed by atoms with van der Waals surface area (Å²) in [5.41, 5.74) is 9.66. The van der Waals surface area contributed by atoms with Gasteiger partial charge in [0, 0.05) is 6.04 Å². The summed E-state index contributed by atoms with van der Waals surface area (Å²) < 4.78 is 5.43. The van der Waals surface area contributed by atoms with Gasteiger partial charge < -0.3 is 10.5 Å². The van der Waals surface area contributed by atoms with Crippen molar-refractivity contribution < 1.29 is 4.74 Å². The Morgan fingerprint density at radius 2 is 2.00 bits per heavy atom. The molecule has 1 atom stereocenters. The van der Waals surface area contributed by atoms with E-state index < -0.39 is 0 Å². The molecule has 0 saturated heterocycles. The number of rotatable bonds is 5. The average molecular weight is 221 g/mol. The van der Waals surface area contributed by atoms with Crippen LogP contribution in [-0.4, -0.2) is 13.2 Å². The van der Waals surface area contributed by atoms with Crippen LogP contribution < -0.4 is 10.5 Å². The number of hydrogen-bond donors (Lipinski definition) is 1. The summed E-state index contributed by atoms with van der Waals surface area (Å²) in [5, 5.41) is 0. The first-order valence-corrected chi connectivity index (χ1v) is 5.94. The molecule has 0 aliphatic carbocycles. The lowest BCUT2D eigenvalue weighted by Crippen LogP contribution is -2.14. The zero-order chi connectivity index (χ0) is 12.1. The number of aryl methyl sites for hydroxylation is 2. The maximum Gasteiger partial charge on any atom is 0.122 e. The van der Waals surface area contributed by atoms with Crippen LogP contribution in [0.4, 0.5) is 0 Å². The highest BCUT2D eigenvalue weighted by molar-refractivity contribution is 5.43. The van der Waals surface area contributed by atoms with E-state index in [0.29, 0.717) is 0 Å². The first-order valence-electron chi connectivity index (χ1n) is 5.94. The summed E-state index contributed by atoms with van der Waals surface area (Å²) in [5.74, 6) is 1.02. The first-order chi connectivity index (χ1) is 7.54. The maximum absolute atomic E-state index is 5.76. The molecule has 90 valence electrons. The highest BCUT2D eigenvalue weighted by Gasteiger charge is 2.07. The predicted octanol–water partition coefficient (Wildman–Crippen LogP) is 2.98. The zero-order valence-electron chi connectivity index (χ0n) is 10.8. The van der Waals surface area contributed by atoms with E-state index in [0.717, 1.165) is 25.0 Å². The minimum atomic E-state index is 0.289. The Morgan fingerprint density at radius 1 is 1.31 bits per heavy atom. The molecule has 0 aliphatic rings. The molecule has 0 radical (unpaired) electrons. The van der Waals surface area contributed by atoms with Crippen molar-refractivity contribution in [1.29, 1.82) is 0 Å². The molecule has 0 spiro atoms. The van der Waals surface area contributed by atoms with Crippen LogP contribution in [-0.2, 0) is 6.42 Å². The highest BCUT2D eigenvalue weighted by Crippen LogP contribution is 2.25. The highest BCUT2D eigenvalue weighted by atomic mass is 16.5. The third kappa shape index (κ3) is 3.53. The van der Waals surface area contributed by atoms with Gasteiger partial charge in [-0.25, -0.2) is 0 Å². The van der Waals surface area contributed by atoms with Crippen LogP contribution in [0.2, 0.25) is 0 Å². The third-order valence-electron chi connectivity index (χ3n) is 2.88. The first kappa shape index (κ1) is 13.0. The van der Waals surface area contributed by atoms with E-state index in [4.69, 9.17) is 10.5 Å². The van der Waals surface area contributed by atoms with E-state index in [2.05, 4.69) is 32.9 Å². The van der Waals surface area contributed by atoms with Crippen LogP contribution in [0.1, 0.15) is 36.5 Å². The minimum Gasteiger partial charge on any atom is -0.496 e. The Labute approximate surface area is 98.8 Å². The normalized spacial score (nSPS) is 12.6. The second kappa shape index (κ2) is 5.90. The molecule has 0 amide bonds. The number of benzene rings is 1. The number of methoxy groups -OCH3 is 1. The zero-order valence-corrected chi connectivity index (χ0v) is 10.8. The molecule has 0 fully saturated rings. The van der Waals surface area contributed by atoms with E-state index in [1.165, 1.54) is 16.7 Å². The van der Waals surface area contributed by atoms with Gasteiger partial charge in [-0.15, -0.1) is 0 Å². The Kier molecular flexibility index (Phi) is 4.81. The van der Waals surface area contributed by atoms with Crippen molar-refractivity contribution in [1.82, 2.24) is 0 Å². The van der Waals surface area contributed by atoms with Crippen molar-refractivity contribution >= 4 is 0 Å². The molecule has 2 heteroatoms. The molecule has 1 rings (SSSR count). The Morgan fingerprint density at radius 3 is 2.56 bits per heavy atom. The SMILES string of the molecule is COc1cc(C)cc(C)c1CCCC(C)N. The lowest BCUT2D eigenvalue weighted by atomic mass is 9.98. The Bertz CT molecular complexity index is 345. The second-order valence-corrected chi connectivity index (χ2v) is 4.63. The van der Waals surface area contributed by atoms with Crippen molar-refractivity contribution in [3.63, 3.8) is 0 Å². The van der Waals surface area contributed by atoms with Gasteiger partial charge in [0.25, 0.3) is 0 Å². The van der Waals surface area contributed by atoms with Crippen LogP contribution in [0, 0.1) is 13.8 Å².